The van der Waals surface area contributed by atoms with Gasteiger partial charge in [0.05, 0.1) is 0 Å². The van der Waals surface area contributed by atoms with Crippen LogP contribution in [-0.4, -0.2) is 21.8 Å². The lowest BCUT2D eigenvalue weighted by atomic mass is 9.79. The van der Waals surface area contributed by atoms with E-state index in [9.17, 15) is 15.0 Å². The van der Waals surface area contributed by atoms with Gasteiger partial charge in [-0.15, -0.1) is 0 Å². The summed E-state index contributed by atoms with van der Waals surface area (Å²) in [5.74, 6) is -0.323. The molecular formula is C18H28O4. The van der Waals surface area contributed by atoms with Crippen molar-refractivity contribution < 1.29 is 19.7 Å². The van der Waals surface area contributed by atoms with Crippen molar-refractivity contribution in [3.8, 4) is 11.5 Å². The minimum Gasteiger partial charge on any atom is -0.507 e. The van der Waals surface area contributed by atoms with Crippen molar-refractivity contribution in [1.29, 1.82) is 0 Å². The Morgan fingerprint density at radius 3 is 1.55 bits per heavy atom. The zero-order valence-electron chi connectivity index (χ0n) is 14.9. The van der Waals surface area contributed by atoms with Crippen molar-refractivity contribution in [2.24, 2.45) is 0 Å². The first-order valence-corrected chi connectivity index (χ1v) is 7.46. The highest BCUT2D eigenvalue weighted by molar-refractivity contribution is 5.76. The molecule has 0 heterocycles. The molecule has 1 rings (SSSR count). The van der Waals surface area contributed by atoms with E-state index in [4.69, 9.17) is 4.74 Å². The number of hydrogen-bond acceptors (Lipinski definition) is 3. The largest absolute Gasteiger partial charge is 0.507 e. The molecule has 2 N–H and O–H groups in total. The monoisotopic (exact) mass is 308 g/mol. The molecule has 0 spiro atoms. The number of aliphatic carboxylic acids is 1. The van der Waals surface area contributed by atoms with Gasteiger partial charge in [0.15, 0.2) is 5.60 Å². The molecule has 124 valence electrons. The fourth-order valence-electron chi connectivity index (χ4n) is 2.15. The number of carboxylic acids is 1. The van der Waals surface area contributed by atoms with Crippen molar-refractivity contribution in [3.05, 3.63) is 23.3 Å². The van der Waals surface area contributed by atoms with Crippen molar-refractivity contribution >= 4 is 5.97 Å². The summed E-state index contributed by atoms with van der Waals surface area (Å²) in [7, 11) is 0. The third kappa shape index (κ3) is 3.93. The SMILES string of the molecule is CC(C)(Oc1cc(C(C)(C)C)c(O)c(C(C)(C)C)c1)C(=O)O. The number of benzene rings is 1. The molecule has 22 heavy (non-hydrogen) atoms. The maximum Gasteiger partial charge on any atom is 0.347 e. The molecule has 0 aromatic heterocycles. The second-order valence-electron chi connectivity index (χ2n) is 8.28. The van der Waals surface area contributed by atoms with Crippen molar-refractivity contribution in [2.75, 3.05) is 0 Å². The summed E-state index contributed by atoms with van der Waals surface area (Å²) >= 11 is 0. The molecule has 4 heteroatoms. The van der Waals surface area contributed by atoms with E-state index in [1.165, 1.54) is 13.8 Å². The van der Waals surface area contributed by atoms with Gasteiger partial charge in [-0.1, -0.05) is 41.5 Å². The van der Waals surface area contributed by atoms with Crippen molar-refractivity contribution in [2.45, 2.75) is 71.8 Å². The molecule has 1 aromatic rings. The molecule has 0 bridgehead atoms. The summed E-state index contributed by atoms with van der Waals surface area (Å²) in [4.78, 5) is 11.3. The van der Waals surface area contributed by atoms with Crippen LogP contribution in [0.15, 0.2) is 12.1 Å². The van der Waals surface area contributed by atoms with Crippen LogP contribution in [0.25, 0.3) is 0 Å². The Labute approximate surface area is 133 Å². The summed E-state index contributed by atoms with van der Waals surface area (Å²) < 4.78 is 5.68. The van der Waals surface area contributed by atoms with E-state index in [0.29, 0.717) is 5.75 Å². The number of phenolic OH excluding ortho intramolecular Hbond substituents is 1. The van der Waals surface area contributed by atoms with Crippen LogP contribution < -0.4 is 4.74 Å². The fourth-order valence-corrected chi connectivity index (χ4v) is 2.15. The zero-order chi connectivity index (χ0) is 17.5. The summed E-state index contributed by atoms with van der Waals surface area (Å²) in [6.07, 6.45) is 0. The molecule has 0 radical (unpaired) electrons. The van der Waals surface area contributed by atoms with E-state index in [0.717, 1.165) is 11.1 Å². The van der Waals surface area contributed by atoms with Crippen LogP contribution in [0.1, 0.15) is 66.5 Å². The molecule has 0 aliphatic heterocycles. The average Bonchev–Trinajstić information content (AvgIpc) is 2.27. The zero-order valence-corrected chi connectivity index (χ0v) is 14.9. The number of aromatic hydroxyl groups is 1. The standard InChI is InChI=1S/C18H28O4/c1-16(2,3)12-9-11(22-18(7,8)15(20)21)10-13(14(12)19)17(4,5)6/h9-10,19H,1-8H3,(H,20,21). The van der Waals surface area contributed by atoms with Crippen molar-refractivity contribution in [1.82, 2.24) is 0 Å². The van der Waals surface area contributed by atoms with E-state index in [2.05, 4.69) is 0 Å². The van der Waals surface area contributed by atoms with Crippen LogP contribution in [0.4, 0.5) is 0 Å². The first kappa shape index (κ1) is 18.3. The Bertz CT molecular complexity index is 537. The quantitative estimate of drug-likeness (QED) is 0.877. The van der Waals surface area contributed by atoms with Gasteiger partial charge in [0.2, 0.25) is 0 Å². The first-order valence-electron chi connectivity index (χ1n) is 7.46. The fraction of sp³-hybridized carbons (Fsp3) is 0.611. The number of carboxylic acid groups (broad SMARTS) is 1. The van der Waals surface area contributed by atoms with Gasteiger partial charge < -0.3 is 14.9 Å². The van der Waals surface area contributed by atoms with E-state index in [1.54, 1.807) is 12.1 Å². The molecule has 0 saturated carbocycles. The van der Waals surface area contributed by atoms with Crippen LogP contribution >= 0.6 is 0 Å². The van der Waals surface area contributed by atoms with Gasteiger partial charge in [-0.05, 0) is 36.8 Å². The maximum absolute atomic E-state index is 11.3. The highest BCUT2D eigenvalue weighted by Gasteiger charge is 2.32. The Kier molecular flexibility index (Phi) is 4.57. The maximum atomic E-state index is 11.3. The van der Waals surface area contributed by atoms with Crippen LogP contribution in [0, 0.1) is 0 Å². The van der Waals surface area contributed by atoms with Gasteiger partial charge >= 0.3 is 5.97 Å². The molecule has 0 saturated heterocycles. The molecule has 0 fully saturated rings. The summed E-state index contributed by atoms with van der Waals surface area (Å²) in [6, 6.07) is 3.46. The third-order valence-electron chi connectivity index (χ3n) is 3.59. The molecule has 0 unspecified atom stereocenters. The average molecular weight is 308 g/mol. The number of hydrogen-bond donors (Lipinski definition) is 2. The van der Waals surface area contributed by atoms with Crippen LogP contribution in [-0.2, 0) is 15.6 Å². The van der Waals surface area contributed by atoms with E-state index in [-0.39, 0.29) is 16.6 Å². The van der Waals surface area contributed by atoms with Crippen molar-refractivity contribution in [3.63, 3.8) is 0 Å². The summed E-state index contributed by atoms with van der Waals surface area (Å²) in [5, 5.41) is 19.9. The van der Waals surface area contributed by atoms with Gasteiger partial charge in [0.25, 0.3) is 0 Å². The van der Waals surface area contributed by atoms with Gasteiger partial charge in [0.1, 0.15) is 11.5 Å². The number of ether oxygens (including phenoxy) is 1. The van der Waals surface area contributed by atoms with Gasteiger partial charge in [-0.25, -0.2) is 4.79 Å². The van der Waals surface area contributed by atoms with Gasteiger partial charge in [-0.3, -0.25) is 0 Å². The number of phenols is 1. The Morgan fingerprint density at radius 1 is 0.909 bits per heavy atom. The minimum atomic E-state index is -1.33. The second kappa shape index (κ2) is 5.49. The minimum absolute atomic E-state index is 0.250. The van der Waals surface area contributed by atoms with Crippen LogP contribution in [0.3, 0.4) is 0 Å². The summed E-state index contributed by atoms with van der Waals surface area (Å²) in [5.41, 5.74) is -0.401. The van der Waals surface area contributed by atoms with Crippen LogP contribution in [0.2, 0.25) is 0 Å². The Hall–Kier alpha value is -1.71. The van der Waals surface area contributed by atoms with Crippen LogP contribution in [0.5, 0.6) is 11.5 Å². The molecular weight excluding hydrogens is 280 g/mol. The lowest BCUT2D eigenvalue weighted by molar-refractivity contribution is -0.152. The Morgan fingerprint density at radius 2 is 1.27 bits per heavy atom. The predicted octanol–water partition coefficient (Wildman–Crippen LogP) is 4.23. The number of carbonyl (C=O) groups is 1. The van der Waals surface area contributed by atoms with E-state index in [1.807, 2.05) is 41.5 Å². The Balaban J connectivity index is 3.52. The molecule has 0 atom stereocenters. The molecule has 1 aromatic carbocycles. The summed E-state index contributed by atoms with van der Waals surface area (Å²) in [6.45, 7) is 15.0. The van der Waals surface area contributed by atoms with E-state index >= 15 is 0 Å². The molecule has 0 aliphatic rings. The molecule has 0 aliphatic carbocycles. The predicted molar refractivity (Wildman–Crippen MR) is 87.8 cm³/mol. The molecule has 0 amide bonds. The third-order valence-corrected chi connectivity index (χ3v) is 3.59. The second-order valence-corrected chi connectivity index (χ2v) is 8.28. The van der Waals surface area contributed by atoms with Gasteiger partial charge in [0, 0.05) is 11.1 Å². The lowest BCUT2D eigenvalue weighted by Gasteiger charge is -2.30. The highest BCUT2D eigenvalue weighted by atomic mass is 16.5. The lowest BCUT2D eigenvalue weighted by Crippen LogP contribution is -2.38. The number of rotatable bonds is 3. The van der Waals surface area contributed by atoms with Gasteiger partial charge in [-0.2, -0.15) is 0 Å². The first-order chi connectivity index (χ1) is 9.66. The molecule has 4 nitrogen and oxygen atoms in total. The topological polar surface area (TPSA) is 66.8 Å². The normalized spacial score (nSPS) is 13.1. The smallest absolute Gasteiger partial charge is 0.347 e. The highest BCUT2D eigenvalue weighted by Crippen LogP contribution is 2.42. The van der Waals surface area contributed by atoms with E-state index < -0.39 is 11.6 Å².